The Kier molecular flexibility index (Phi) is 3.77. The van der Waals surface area contributed by atoms with Crippen molar-refractivity contribution in [1.82, 2.24) is 10.4 Å². The zero-order valence-corrected chi connectivity index (χ0v) is 9.50. The van der Waals surface area contributed by atoms with Gasteiger partial charge in [-0.3, -0.25) is 10.8 Å². The predicted molar refractivity (Wildman–Crippen MR) is 59.7 cm³/mol. The van der Waals surface area contributed by atoms with Gasteiger partial charge in [-0.15, -0.1) is 0 Å². The summed E-state index contributed by atoms with van der Waals surface area (Å²) in [6, 6.07) is 1.82. The average molecular weight is 271 g/mol. The Balaban J connectivity index is 2.51. The van der Waals surface area contributed by atoms with Gasteiger partial charge in [0.25, 0.3) is 0 Å². The van der Waals surface area contributed by atoms with Crippen molar-refractivity contribution in [2.45, 2.75) is 6.04 Å². The molecule has 1 aromatic heterocycles. The van der Waals surface area contributed by atoms with Gasteiger partial charge in [0.05, 0.1) is 12.2 Å². The summed E-state index contributed by atoms with van der Waals surface area (Å²) in [5.41, 5.74) is 2.16. The number of benzene rings is 1. The highest BCUT2D eigenvalue weighted by atomic mass is 19.2. The molecule has 0 aliphatic rings. The molecule has 0 saturated carbocycles. The number of nitrogens with two attached hydrogens (primary N) is 1. The smallest absolute Gasteiger partial charge is 0.194 e. The van der Waals surface area contributed by atoms with Gasteiger partial charge in [-0.25, -0.2) is 23.0 Å². The minimum absolute atomic E-state index is 0.187. The molecule has 0 aliphatic carbocycles. The number of pyridine rings is 1. The van der Waals surface area contributed by atoms with E-state index in [1.165, 1.54) is 6.20 Å². The van der Waals surface area contributed by atoms with Crippen LogP contribution in [0.4, 0.5) is 17.6 Å². The Morgan fingerprint density at radius 3 is 2.42 bits per heavy atom. The zero-order valence-electron chi connectivity index (χ0n) is 9.50. The van der Waals surface area contributed by atoms with Crippen LogP contribution in [0, 0.1) is 23.3 Å². The first kappa shape index (κ1) is 13.4. The first-order valence-corrected chi connectivity index (χ1v) is 5.24. The number of rotatable bonds is 3. The Labute approximate surface area is 106 Å². The summed E-state index contributed by atoms with van der Waals surface area (Å²) >= 11 is 0. The molecular weight excluding hydrogens is 262 g/mol. The molecule has 0 aliphatic heterocycles. The summed E-state index contributed by atoms with van der Waals surface area (Å²) in [5, 5.41) is 0. The van der Waals surface area contributed by atoms with Crippen molar-refractivity contribution in [3.05, 3.63) is 65.0 Å². The number of aromatic nitrogens is 1. The maximum Gasteiger partial charge on any atom is 0.194 e. The normalized spacial score (nSPS) is 12.5. The number of nitrogens with zero attached hydrogens (tertiary/aromatic N) is 1. The second-order valence-electron chi connectivity index (χ2n) is 3.80. The van der Waals surface area contributed by atoms with Crippen LogP contribution >= 0.6 is 0 Å². The zero-order chi connectivity index (χ0) is 14.0. The lowest BCUT2D eigenvalue weighted by Crippen LogP contribution is -2.30. The van der Waals surface area contributed by atoms with Crippen molar-refractivity contribution in [2.75, 3.05) is 0 Å². The number of hydrazine groups is 1. The maximum atomic E-state index is 13.7. The molecule has 2 rings (SSSR count). The van der Waals surface area contributed by atoms with Gasteiger partial charge in [0.15, 0.2) is 17.5 Å². The minimum Gasteiger partial charge on any atom is -0.271 e. The number of halogens is 4. The third-order valence-corrected chi connectivity index (χ3v) is 2.60. The number of hydrogen-bond donors (Lipinski definition) is 2. The van der Waals surface area contributed by atoms with Crippen molar-refractivity contribution in [3.63, 3.8) is 0 Å². The van der Waals surface area contributed by atoms with E-state index in [1.807, 2.05) is 0 Å². The fraction of sp³-hybridized carbons (Fsp3) is 0.0833. The second-order valence-corrected chi connectivity index (χ2v) is 3.80. The van der Waals surface area contributed by atoms with E-state index in [1.54, 1.807) is 0 Å². The highest BCUT2D eigenvalue weighted by molar-refractivity contribution is 5.32. The van der Waals surface area contributed by atoms with E-state index in [0.717, 1.165) is 24.4 Å². The number of hydrogen-bond acceptors (Lipinski definition) is 3. The Bertz CT molecular complexity index is 604. The van der Waals surface area contributed by atoms with Crippen LogP contribution in [0.1, 0.15) is 17.2 Å². The van der Waals surface area contributed by atoms with Gasteiger partial charge >= 0.3 is 0 Å². The van der Waals surface area contributed by atoms with E-state index in [4.69, 9.17) is 5.84 Å². The Hall–Kier alpha value is -1.99. The van der Waals surface area contributed by atoms with Crippen LogP contribution in [0.2, 0.25) is 0 Å². The van der Waals surface area contributed by atoms with Crippen LogP contribution in [0.25, 0.3) is 0 Å². The fourth-order valence-electron chi connectivity index (χ4n) is 1.72. The van der Waals surface area contributed by atoms with E-state index in [0.29, 0.717) is 0 Å². The van der Waals surface area contributed by atoms with E-state index < -0.39 is 29.3 Å². The molecule has 0 bridgehead atoms. The van der Waals surface area contributed by atoms with Gasteiger partial charge in [0, 0.05) is 11.8 Å². The van der Waals surface area contributed by atoms with Gasteiger partial charge in [0.1, 0.15) is 5.82 Å². The van der Waals surface area contributed by atoms with Crippen LogP contribution in [0.5, 0.6) is 0 Å². The lowest BCUT2D eigenvalue weighted by Gasteiger charge is -2.17. The van der Waals surface area contributed by atoms with Crippen LogP contribution in [0.3, 0.4) is 0 Å². The SMILES string of the molecule is NNC(c1cncc(F)c1)c1ccc(F)c(F)c1F. The predicted octanol–water partition coefficient (Wildman–Crippen LogP) is 2.19. The standard InChI is InChI=1S/C12H9F4N3/c13-7-3-6(4-18-5-7)12(19-17)8-1-2-9(14)11(16)10(8)15/h1-5,12,19H,17H2. The molecule has 0 radical (unpaired) electrons. The molecular formula is C12H9F4N3. The van der Waals surface area contributed by atoms with Crippen molar-refractivity contribution in [1.29, 1.82) is 0 Å². The monoisotopic (exact) mass is 271 g/mol. The summed E-state index contributed by atoms with van der Waals surface area (Å²) < 4.78 is 52.8. The molecule has 0 saturated heterocycles. The van der Waals surface area contributed by atoms with Gasteiger partial charge < -0.3 is 0 Å². The van der Waals surface area contributed by atoms with E-state index in [2.05, 4.69) is 10.4 Å². The first-order valence-electron chi connectivity index (χ1n) is 5.24. The molecule has 7 heteroatoms. The molecule has 100 valence electrons. The van der Waals surface area contributed by atoms with Crippen LogP contribution in [0.15, 0.2) is 30.6 Å². The third kappa shape index (κ3) is 2.56. The van der Waals surface area contributed by atoms with Gasteiger partial charge in [0.2, 0.25) is 0 Å². The third-order valence-electron chi connectivity index (χ3n) is 2.60. The van der Waals surface area contributed by atoms with Crippen molar-refractivity contribution in [2.24, 2.45) is 5.84 Å². The van der Waals surface area contributed by atoms with Gasteiger partial charge in [-0.2, -0.15) is 0 Å². The molecule has 0 fully saturated rings. The Morgan fingerprint density at radius 1 is 1.05 bits per heavy atom. The highest BCUT2D eigenvalue weighted by Gasteiger charge is 2.22. The lowest BCUT2D eigenvalue weighted by atomic mass is 10.00. The first-order chi connectivity index (χ1) is 9.04. The molecule has 2 aromatic rings. The number of nitrogens with one attached hydrogen (secondary N) is 1. The average Bonchev–Trinajstić information content (AvgIpc) is 2.40. The molecule has 0 amide bonds. The highest BCUT2D eigenvalue weighted by Crippen LogP contribution is 2.26. The molecule has 1 heterocycles. The summed E-state index contributed by atoms with van der Waals surface area (Å²) in [7, 11) is 0. The van der Waals surface area contributed by atoms with Crippen LogP contribution < -0.4 is 11.3 Å². The molecule has 19 heavy (non-hydrogen) atoms. The van der Waals surface area contributed by atoms with E-state index in [9.17, 15) is 17.6 Å². The summed E-state index contributed by atoms with van der Waals surface area (Å²) in [6.45, 7) is 0. The van der Waals surface area contributed by atoms with E-state index in [-0.39, 0.29) is 11.1 Å². The van der Waals surface area contributed by atoms with Crippen LogP contribution in [-0.4, -0.2) is 4.98 Å². The summed E-state index contributed by atoms with van der Waals surface area (Å²) in [6.07, 6.45) is 2.20. The molecule has 1 atom stereocenters. The van der Waals surface area contributed by atoms with Gasteiger partial charge in [-0.1, -0.05) is 6.07 Å². The second kappa shape index (κ2) is 5.33. The summed E-state index contributed by atoms with van der Waals surface area (Å²) in [4.78, 5) is 3.59. The summed E-state index contributed by atoms with van der Waals surface area (Å²) in [5.74, 6) is 0.307. The minimum atomic E-state index is -1.61. The quantitative estimate of drug-likeness (QED) is 0.389. The fourth-order valence-corrected chi connectivity index (χ4v) is 1.72. The largest absolute Gasteiger partial charge is 0.271 e. The van der Waals surface area contributed by atoms with Crippen molar-refractivity contribution < 1.29 is 17.6 Å². The maximum absolute atomic E-state index is 13.7. The van der Waals surface area contributed by atoms with Crippen molar-refractivity contribution >= 4 is 0 Å². The Morgan fingerprint density at radius 2 is 1.79 bits per heavy atom. The van der Waals surface area contributed by atoms with Crippen LogP contribution in [-0.2, 0) is 0 Å². The molecule has 3 nitrogen and oxygen atoms in total. The van der Waals surface area contributed by atoms with Crippen molar-refractivity contribution in [3.8, 4) is 0 Å². The molecule has 1 unspecified atom stereocenters. The molecule has 3 N–H and O–H groups in total. The van der Waals surface area contributed by atoms with Gasteiger partial charge in [-0.05, 0) is 17.7 Å². The molecule has 0 spiro atoms. The lowest BCUT2D eigenvalue weighted by molar-refractivity contribution is 0.433. The molecule has 1 aromatic carbocycles. The topological polar surface area (TPSA) is 50.9 Å². The van der Waals surface area contributed by atoms with E-state index >= 15 is 0 Å².